The van der Waals surface area contributed by atoms with Crippen molar-refractivity contribution in [2.75, 3.05) is 13.1 Å². The summed E-state index contributed by atoms with van der Waals surface area (Å²) in [5.74, 6) is 0.248. The lowest BCUT2D eigenvalue weighted by Crippen LogP contribution is -2.53. The van der Waals surface area contributed by atoms with Crippen molar-refractivity contribution >= 4 is 11.9 Å². The van der Waals surface area contributed by atoms with Crippen molar-refractivity contribution < 1.29 is 14.3 Å². The number of piperidine rings is 1. The molecule has 4 heteroatoms. The molecule has 1 amide bonds. The van der Waals surface area contributed by atoms with E-state index in [-0.39, 0.29) is 23.7 Å². The molecule has 1 heterocycles. The van der Waals surface area contributed by atoms with Gasteiger partial charge in [-0.2, -0.15) is 0 Å². The van der Waals surface area contributed by atoms with Gasteiger partial charge in [-0.15, -0.1) is 0 Å². The number of carbonyl (C=O) groups excluding carboxylic acids is 2. The highest BCUT2D eigenvalue weighted by Crippen LogP contribution is 2.32. The number of hydrogen-bond acceptors (Lipinski definition) is 3. The summed E-state index contributed by atoms with van der Waals surface area (Å²) in [4.78, 5) is 25.3. The number of carbonyl (C=O) groups is 2. The molecule has 1 rings (SSSR count). The van der Waals surface area contributed by atoms with E-state index < -0.39 is 11.7 Å². The van der Waals surface area contributed by atoms with Crippen molar-refractivity contribution in [1.29, 1.82) is 0 Å². The van der Waals surface area contributed by atoms with Crippen molar-refractivity contribution in [2.24, 2.45) is 11.3 Å². The number of nitrogens with zero attached hydrogens (tertiary/aromatic N) is 1. The zero-order valence-electron chi connectivity index (χ0n) is 11.7. The maximum Gasteiger partial charge on any atom is 0.410 e. The second-order valence-electron chi connectivity index (χ2n) is 6.41. The maximum atomic E-state index is 12.0. The van der Waals surface area contributed by atoms with Gasteiger partial charge in [0.2, 0.25) is 0 Å². The van der Waals surface area contributed by atoms with Crippen LogP contribution in [-0.2, 0) is 9.53 Å². The quantitative estimate of drug-likeness (QED) is 0.654. The average molecular weight is 241 g/mol. The first kappa shape index (κ1) is 14.0. The number of hydrogen-bond donors (Lipinski definition) is 0. The van der Waals surface area contributed by atoms with E-state index in [2.05, 4.69) is 0 Å². The van der Waals surface area contributed by atoms with Crippen LogP contribution in [0.4, 0.5) is 4.79 Å². The number of ketones is 1. The van der Waals surface area contributed by atoms with Crippen molar-refractivity contribution in [3.05, 3.63) is 0 Å². The van der Waals surface area contributed by atoms with E-state index in [0.717, 1.165) is 0 Å². The van der Waals surface area contributed by atoms with Gasteiger partial charge in [-0.05, 0) is 26.7 Å². The molecule has 0 N–H and O–H groups in total. The summed E-state index contributed by atoms with van der Waals surface area (Å²) in [6.45, 7) is 12.1. The molecule has 98 valence electrons. The summed E-state index contributed by atoms with van der Waals surface area (Å²) in [5.41, 5.74) is -0.866. The van der Waals surface area contributed by atoms with E-state index in [9.17, 15) is 9.59 Å². The van der Waals surface area contributed by atoms with Gasteiger partial charge in [0.15, 0.2) is 5.78 Å². The van der Waals surface area contributed by atoms with Gasteiger partial charge in [-0.25, -0.2) is 4.79 Å². The van der Waals surface area contributed by atoms with Crippen LogP contribution < -0.4 is 0 Å². The Hall–Kier alpha value is -1.06. The van der Waals surface area contributed by atoms with Gasteiger partial charge in [0.1, 0.15) is 5.60 Å². The maximum absolute atomic E-state index is 12.0. The first-order valence-corrected chi connectivity index (χ1v) is 6.05. The summed E-state index contributed by atoms with van der Waals surface area (Å²) < 4.78 is 5.28. The molecule has 1 atom stereocenters. The first-order valence-electron chi connectivity index (χ1n) is 6.05. The highest BCUT2D eigenvalue weighted by Gasteiger charge is 2.42. The van der Waals surface area contributed by atoms with Gasteiger partial charge < -0.3 is 9.64 Å². The van der Waals surface area contributed by atoms with Gasteiger partial charge >= 0.3 is 6.09 Å². The van der Waals surface area contributed by atoms with Crippen LogP contribution in [0, 0.1) is 11.3 Å². The van der Waals surface area contributed by atoms with Crippen LogP contribution >= 0.6 is 0 Å². The van der Waals surface area contributed by atoms with Gasteiger partial charge in [-0.1, -0.05) is 20.8 Å². The highest BCUT2D eigenvalue weighted by atomic mass is 16.6. The molecule has 0 aromatic carbocycles. The number of rotatable bonds is 0. The van der Waals surface area contributed by atoms with Crippen molar-refractivity contribution in [2.45, 2.75) is 47.1 Å². The lowest BCUT2D eigenvalue weighted by molar-refractivity contribution is -0.135. The predicted molar refractivity (Wildman–Crippen MR) is 65.8 cm³/mol. The molecule has 0 aliphatic carbocycles. The van der Waals surface area contributed by atoms with Gasteiger partial charge in [0, 0.05) is 12.0 Å². The van der Waals surface area contributed by atoms with Crippen molar-refractivity contribution in [1.82, 2.24) is 4.90 Å². The fourth-order valence-electron chi connectivity index (χ4n) is 1.74. The molecule has 1 unspecified atom stereocenters. The van der Waals surface area contributed by atoms with E-state index in [0.29, 0.717) is 6.54 Å². The Balaban J connectivity index is 2.71. The molecule has 0 aromatic rings. The van der Waals surface area contributed by atoms with Crippen molar-refractivity contribution in [3.63, 3.8) is 0 Å². The van der Waals surface area contributed by atoms with Gasteiger partial charge in [0.05, 0.1) is 6.54 Å². The molecule has 1 aliphatic rings. The number of likely N-dealkylation sites (tertiary alicyclic amines) is 1. The predicted octanol–water partition coefficient (Wildman–Crippen LogP) is 2.47. The Morgan fingerprint density at radius 3 is 2.35 bits per heavy atom. The minimum Gasteiger partial charge on any atom is -0.444 e. The molecule has 0 spiro atoms. The molecule has 0 bridgehead atoms. The normalized spacial score (nSPS) is 24.7. The fourth-order valence-corrected chi connectivity index (χ4v) is 1.74. The molecule has 0 saturated carbocycles. The summed E-state index contributed by atoms with van der Waals surface area (Å²) >= 11 is 0. The summed E-state index contributed by atoms with van der Waals surface area (Å²) in [6, 6.07) is 0. The largest absolute Gasteiger partial charge is 0.444 e. The Labute approximate surface area is 103 Å². The zero-order valence-corrected chi connectivity index (χ0v) is 11.7. The third kappa shape index (κ3) is 3.20. The standard InChI is InChI=1S/C13H23NO3/c1-9-7-14(8-10(15)13(9,5)6)11(16)17-12(2,3)4/h9H,7-8H2,1-6H3. The second-order valence-corrected chi connectivity index (χ2v) is 6.41. The average Bonchev–Trinajstić information content (AvgIpc) is 2.11. The minimum atomic E-state index is -0.518. The van der Waals surface area contributed by atoms with E-state index in [1.807, 2.05) is 41.5 Å². The third-order valence-corrected chi connectivity index (χ3v) is 3.43. The van der Waals surface area contributed by atoms with Crippen LogP contribution in [0.5, 0.6) is 0 Å². The van der Waals surface area contributed by atoms with Crippen LogP contribution in [0.3, 0.4) is 0 Å². The molecule has 0 radical (unpaired) electrons. The van der Waals surface area contributed by atoms with Gasteiger partial charge in [-0.3, -0.25) is 4.79 Å². The lowest BCUT2D eigenvalue weighted by Gasteiger charge is -2.41. The molecule has 1 fully saturated rings. The van der Waals surface area contributed by atoms with E-state index >= 15 is 0 Å². The Morgan fingerprint density at radius 1 is 1.41 bits per heavy atom. The first-order chi connectivity index (χ1) is 7.54. The smallest absolute Gasteiger partial charge is 0.410 e. The highest BCUT2D eigenvalue weighted by molar-refractivity contribution is 5.89. The molecule has 4 nitrogen and oxygen atoms in total. The molecule has 1 saturated heterocycles. The van der Waals surface area contributed by atoms with Crippen LogP contribution in [0.25, 0.3) is 0 Å². The summed E-state index contributed by atoms with van der Waals surface area (Å²) in [7, 11) is 0. The fraction of sp³-hybridized carbons (Fsp3) is 0.846. The monoisotopic (exact) mass is 241 g/mol. The minimum absolute atomic E-state index is 0.0992. The molecule has 1 aliphatic heterocycles. The van der Waals surface area contributed by atoms with Gasteiger partial charge in [0.25, 0.3) is 0 Å². The summed E-state index contributed by atoms with van der Waals surface area (Å²) in [5, 5.41) is 0. The molecular formula is C13H23NO3. The molecular weight excluding hydrogens is 218 g/mol. The van der Waals surface area contributed by atoms with Crippen LogP contribution in [0.1, 0.15) is 41.5 Å². The Morgan fingerprint density at radius 2 is 1.94 bits per heavy atom. The number of Topliss-reactive ketones (excluding diaryl/α,β-unsaturated/α-hetero) is 1. The lowest BCUT2D eigenvalue weighted by atomic mass is 9.73. The van der Waals surface area contributed by atoms with E-state index in [4.69, 9.17) is 4.74 Å². The van der Waals surface area contributed by atoms with E-state index in [1.165, 1.54) is 4.90 Å². The summed E-state index contributed by atoms with van der Waals surface area (Å²) in [6.07, 6.45) is -0.395. The Kier molecular flexibility index (Phi) is 3.55. The Bertz CT molecular complexity index is 328. The van der Waals surface area contributed by atoms with Crippen LogP contribution in [0.2, 0.25) is 0 Å². The third-order valence-electron chi connectivity index (χ3n) is 3.43. The second kappa shape index (κ2) is 4.31. The number of amides is 1. The molecule has 17 heavy (non-hydrogen) atoms. The van der Waals surface area contributed by atoms with Crippen LogP contribution in [-0.4, -0.2) is 35.5 Å². The van der Waals surface area contributed by atoms with Crippen LogP contribution in [0.15, 0.2) is 0 Å². The molecule has 0 aromatic heterocycles. The SMILES string of the molecule is CC1CN(C(=O)OC(C)(C)C)CC(=O)C1(C)C. The van der Waals surface area contributed by atoms with E-state index in [1.54, 1.807) is 0 Å². The topological polar surface area (TPSA) is 46.6 Å². The number of ether oxygens (including phenoxy) is 1. The zero-order chi connectivity index (χ0) is 13.4. The van der Waals surface area contributed by atoms with Crippen molar-refractivity contribution in [3.8, 4) is 0 Å².